The van der Waals surface area contributed by atoms with Gasteiger partial charge in [0.15, 0.2) is 17.5 Å². The molecule has 0 aliphatic rings. The maximum absolute atomic E-state index is 5.13. The van der Waals surface area contributed by atoms with E-state index in [1.165, 1.54) is 36.9 Å². The molecule has 3 nitrogen and oxygen atoms in total. The Labute approximate surface area is 323 Å². The van der Waals surface area contributed by atoms with E-state index in [1.807, 2.05) is 23.5 Å². The highest BCUT2D eigenvalue weighted by molar-refractivity contribution is 7.25. The van der Waals surface area contributed by atoms with Crippen molar-refractivity contribution in [1.82, 2.24) is 15.0 Å². The Morgan fingerprint density at radius 1 is 0.236 bits per heavy atom. The first-order valence-corrected chi connectivity index (χ1v) is 19.2. The molecule has 0 N–H and O–H groups in total. The number of thiophene rings is 1. The normalized spacial score (nSPS) is 11.3. The number of rotatable bonds is 7. The van der Waals surface area contributed by atoms with Crippen molar-refractivity contribution in [3.63, 3.8) is 0 Å². The Kier molecular flexibility index (Phi) is 8.36. The van der Waals surface area contributed by atoms with Crippen molar-refractivity contribution in [1.29, 1.82) is 0 Å². The third-order valence-electron chi connectivity index (χ3n) is 10.1. The van der Waals surface area contributed by atoms with Crippen molar-refractivity contribution < 1.29 is 0 Å². The second-order valence-electron chi connectivity index (χ2n) is 13.7. The molecule has 8 aromatic carbocycles. The van der Waals surface area contributed by atoms with E-state index in [-0.39, 0.29) is 0 Å². The number of aromatic nitrogens is 3. The molecule has 0 saturated heterocycles. The van der Waals surface area contributed by atoms with Crippen molar-refractivity contribution >= 4 is 31.5 Å². The minimum atomic E-state index is 0.630. The zero-order valence-corrected chi connectivity index (χ0v) is 30.6. The molecule has 2 aromatic heterocycles. The van der Waals surface area contributed by atoms with Crippen LogP contribution in [0.4, 0.5) is 0 Å². The van der Waals surface area contributed by atoms with Crippen LogP contribution in [0.2, 0.25) is 0 Å². The van der Waals surface area contributed by atoms with Crippen LogP contribution in [-0.4, -0.2) is 15.0 Å². The summed E-state index contributed by atoms with van der Waals surface area (Å²) in [6.45, 7) is 0. The third-order valence-corrected chi connectivity index (χ3v) is 11.3. The van der Waals surface area contributed by atoms with Gasteiger partial charge in [-0.3, -0.25) is 0 Å². The maximum atomic E-state index is 5.13. The predicted octanol–water partition coefficient (Wildman–Crippen LogP) is 13.9. The van der Waals surface area contributed by atoms with E-state index in [2.05, 4.69) is 188 Å². The van der Waals surface area contributed by atoms with E-state index in [9.17, 15) is 0 Å². The first kappa shape index (κ1) is 32.6. The SMILES string of the molecule is c1ccc(-c2cccc(-c3cccc(-c4nc(-c5ccc(-c6ccc7c(c6)sc6ccccc67)cc5)nc(-c5cccc(-c6ccccc6)c5)n4)c3)c2)cc1. The summed E-state index contributed by atoms with van der Waals surface area (Å²) in [6, 6.07) is 70.5. The Balaban J connectivity index is 1.05. The molecule has 55 heavy (non-hydrogen) atoms. The summed E-state index contributed by atoms with van der Waals surface area (Å²) in [4.78, 5) is 15.4. The van der Waals surface area contributed by atoms with Gasteiger partial charge in [-0.2, -0.15) is 0 Å². The summed E-state index contributed by atoms with van der Waals surface area (Å²) < 4.78 is 2.60. The third kappa shape index (κ3) is 6.50. The Morgan fingerprint density at radius 2 is 0.600 bits per heavy atom. The van der Waals surface area contributed by atoms with Crippen LogP contribution in [0.15, 0.2) is 200 Å². The van der Waals surface area contributed by atoms with Crippen molar-refractivity contribution in [3.05, 3.63) is 200 Å². The van der Waals surface area contributed by atoms with Gasteiger partial charge in [0.25, 0.3) is 0 Å². The van der Waals surface area contributed by atoms with Crippen molar-refractivity contribution in [2.75, 3.05) is 0 Å². The smallest absolute Gasteiger partial charge is 0.164 e. The van der Waals surface area contributed by atoms with E-state index >= 15 is 0 Å². The minimum Gasteiger partial charge on any atom is -0.208 e. The van der Waals surface area contributed by atoms with Crippen LogP contribution in [0.25, 0.3) is 98.8 Å². The lowest BCUT2D eigenvalue weighted by Crippen LogP contribution is -2.00. The number of fused-ring (bicyclic) bond motifs is 3. The number of benzene rings is 8. The monoisotopic (exact) mass is 719 g/mol. The minimum absolute atomic E-state index is 0.630. The van der Waals surface area contributed by atoms with Gasteiger partial charge in [-0.25, -0.2) is 15.0 Å². The molecule has 0 unspecified atom stereocenters. The molecule has 10 aromatic rings. The Bertz CT molecular complexity index is 2970. The lowest BCUT2D eigenvalue weighted by atomic mass is 9.98. The molecule has 0 aliphatic carbocycles. The second-order valence-corrected chi connectivity index (χ2v) is 14.8. The fraction of sp³-hybridized carbons (Fsp3) is 0. The Morgan fingerprint density at radius 3 is 1.18 bits per heavy atom. The van der Waals surface area contributed by atoms with Gasteiger partial charge >= 0.3 is 0 Å². The van der Waals surface area contributed by atoms with E-state index in [4.69, 9.17) is 15.0 Å². The molecule has 0 amide bonds. The van der Waals surface area contributed by atoms with Crippen molar-refractivity contribution in [2.24, 2.45) is 0 Å². The van der Waals surface area contributed by atoms with Gasteiger partial charge in [0.1, 0.15) is 0 Å². The van der Waals surface area contributed by atoms with Crippen LogP contribution in [0, 0.1) is 0 Å². The lowest BCUT2D eigenvalue weighted by Gasteiger charge is -2.11. The summed E-state index contributed by atoms with van der Waals surface area (Å²) in [5.74, 6) is 1.90. The van der Waals surface area contributed by atoms with Gasteiger partial charge in [-0.15, -0.1) is 11.3 Å². The molecule has 0 aliphatic heterocycles. The second kappa shape index (κ2) is 14.1. The summed E-state index contributed by atoms with van der Waals surface area (Å²) >= 11 is 1.84. The Hall–Kier alpha value is -7.01. The van der Waals surface area contributed by atoms with Crippen molar-refractivity contribution in [3.8, 4) is 78.7 Å². The largest absolute Gasteiger partial charge is 0.208 e. The highest BCUT2D eigenvalue weighted by Crippen LogP contribution is 2.37. The molecule has 0 radical (unpaired) electrons. The predicted molar refractivity (Wildman–Crippen MR) is 231 cm³/mol. The quantitative estimate of drug-likeness (QED) is 0.165. The zero-order valence-electron chi connectivity index (χ0n) is 29.8. The molecule has 0 spiro atoms. The van der Waals surface area contributed by atoms with E-state index in [1.54, 1.807) is 0 Å². The van der Waals surface area contributed by atoms with Gasteiger partial charge in [0.05, 0.1) is 0 Å². The first-order valence-electron chi connectivity index (χ1n) is 18.4. The highest BCUT2D eigenvalue weighted by Gasteiger charge is 2.15. The van der Waals surface area contributed by atoms with E-state index in [0.29, 0.717) is 17.5 Å². The maximum Gasteiger partial charge on any atom is 0.164 e. The lowest BCUT2D eigenvalue weighted by molar-refractivity contribution is 1.07. The highest BCUT2D eigenvalue weighted by atomic mass is 32.1. The van der Waals surface area contributed by atoms with Crippen LogP contribution in [0.3, 0.4) is 0 Å². The molecule has 10 rings (SSSR count). The van der Waals surface area contributed by atoms with Gasteiger partial charge in [0, 0.05) is 36.9 Å². The topological polar surface area (TPSA) is 38.7 Å². The molecule has 258 valence electrons. The average Bonchev–Trinajstić information content (AvgIpc) is 3.65. The molecule has 0 bridgehead atoms. The number of hydrogen-bond acceptors (Lipinski definition) is 4. The number of nitrogens with zero attached hydrogens (tertiary/aromatic N) is 3. The fourth-order valence-corrected chi connectivity index (χ4v) is 8.44. The summed E-state index contributed by atoms with van der Waals surface area (Å²) in [5.41, 5.74) is 12.0. The van der Waals surface area contributed by atoms with Crippen LogP contribution < -0.4 is 0 Å². The summed E-state index contributed by atoms with van der Waals surface area (Å²) in [6.07, 6.45) is 0. The first-order chi connectivity index (χ1) is 27.2. The average molecular weight is 720 g/mol. The van der Waals surface area contributed by atoms with Crippen LogP contribution in [-0.2, 0) is 0 Å². The zero-order chi connectivity index (χ0) is 36.6. The van der Waals surface area contributed by atoms with Crippen LogP contribution >= 0.6 is 11.3 Å². The summed E-state index contributed by atoms with van der Waals surface area (Å²) in [7, 11) is 0. The fourth-order valence-electron chi connectivity index (χ4n) is 7.30. The van der Waals surface area contributed by atoms with Gasteiger partial charge in [-0.05, 0) is 74.8 Å². The van der Waals surface area contributed by atoms with Crippen molar-refractivity contribution in [2.45, 2.75) is 0 Å². The van der Waals surface area contributed by atoms with Crippen LogP contribution in [0.5, 0.6) is 0 Å². The molecule has 2 heterocycles. The van der Waals surface area contributed by atoms with Gasteiger partial charge in [0.2, 0.25) is 0 Å². The van der Waals surface area contributed by atoms with E-state index in [0.717, 1.165) is 44.5 Å². The standard InChI is InChI=1S/C51H33N3S/c1-3-12-34(13-4-1)38-16-9-18-40(30-38)41-19-11-21-44(32-41)51-53-49(52-50(54-51)43-20-10-17-39(31-43)35-14-5-2-6-15-35)37-26-24-36(25-27-37)42-28-29-46-45-22-7-8-23-47(45)55-48(46)33-42/h1-33H. The molecular formula is C51H33N3S. The molecule has 4 heteroatoms. The van der Waals surface area contributed by atoms with Gasteiger partial charge < -0.3 is 0 Å². The molecule has 0 fully saturated rings. The van der Waals surface area contributed by atoms with Gasteiger partial charge in [-0.1, -0.05) is 170 Å². The number of hydrogen-bond donors (Lipinski definition) is 0. The van der Waals surface area contributed by atoms with E-state index < -0.39 is 0 Å². The molecular weight excluding hydrogens is 687 g/mol. The molecule has 0 saturated carbocycles. The summed E-state index contributed by atoms with van der Waals surface area (Å²) in [5, 5.41) is 2.61. The molecule has 0 atom stereocenters. The van der Waals surface area contributed by atoms with Crippen LogP contribution in [0.1, 0.15) is 0 Å².